The molecule has 0 unspecified atom stereocenters. The first-order valence-electron chi connectivity index (χ1n) is 6.16. The summed E-state index contributed by atoms with van der Waals surface area (Å²) >= 11 is 1.60. The summed E-state index contributed by atoms with van der Waals surface area (Å²) in [6, 6.07) is 12.7. The van der Waals surface area contributed by atoms with Crippen LogP contribution >= 0.6 is 11.3 Å². The number of unbranched alkanes of at least 4 members (excludes halogenated alkanes) is 3. The van der Waals surface area contributed by atoms with Crippen LogP contribution in [0.3, 0.4) is 0 Å². The Balaban J connectivity index is 0.000000873. The normalized spacial score (nSPS) is 8.72. The minimum Gasteiger partial charge on any atom is -0.210 e. The van der Waals surface area contributed by atoms with Gasteiger partial charge in [-0.3, -0.25) is 0 Å². The van der Waals surface area contributed by atoms with E-state index in [0.717, 1.165) is 0 Å². The van der Waals surface area contributed by atoms with Crippen LogP contribution < -0.4 is 0 Å². The van der Waals surface area contributed by atoms with Crippen LogP contribution in [-0.4, -0.2) is 4.21 Å². The number of rotatable bonds is 5. The standard InChI is InChI=1S/C14H20S.HNOS/c1-2-3-4-8-11-14-12-9-6-5-7-10-13-15-14;1-3-2/h5-7,9-10,12-13H,2-4,8,11H2,1H3;1H. The van der Waals surface area contributed by atoms with E-state index in [2.05, 4.69) is 48.7 Å². The highest BCUT2D eigenvalue weighted by molar-refractivity contribution is 7.53. The average Bonchev–Trinajstić information content (AvgIpc) is 2.49. The summed E-state index contributed by atoms with van der Waals surface area (Å²) in [5, 5.41) is 2.16. The first-order valence-corrected chi connectivity index (χ1v) is 7.78. The molecular weight excluding hydrogens is 262 g/mol. The van der Waals surface area contributed by atoms with Crippen molar-refractivity contribution in [2.24, 2.45) is 0 Å². The zero-order valence-electron chi connectivity index (χ0n) is 10.8. The van der Waals surface area contributed by atoms with Crippen molar-refractivity contribution in [3.05, 3.63) is 46.7 Å². The van der Waals surface area contributed by atoms with Crippen molar-refractivity contribution in [1.82, 2.24) is 0 Å². The van der Waals surface area contributed by atoms with Crippen LogP contribution in [0, 0.1) is 4.78 Å². The molecule has 100 valence electrons. The first-order chi connectivity index (χ1) is 8.85. The molecule has 0 fully saturated rings. The average molecular weight is 283 g/mol. The molecule has 1 aromatic heterocycles. The summed E-state index contributed by atoms with van der Waals surface area (Å²) in [5.41, 5.74) is 0. The molecule has 2 nitrogen and oxygen atoms in total. The van der Waals surface area contributed by atoms with Gasteiger partial charge in [0.1, 0.15) is 0 Å². The lowest BCUT2D eigenvalue weighted by Crippen LogP contribution is -1.81. The third-order valence-corrected chi connectivity index (χ3v) is 3.24. The first kappa shape index (κ1) is 17.0. The molecule has 0 radical (unpaired) electrons. The van der Waals surface area contributed by atoms with Gasteiger partial charge in [0.2, 0.25) is 0 Å². The summed E-state index contributed by atoms with van der Waals surface area (Å²) < 4.78 is 14.1. The van der Waals surface area contributed by atoms with Crippen molar-refractivity contribution < 1.29 is 4.21 Å². The van der Waals surface area contributed by atoms with E-state index in [1.165, 1.54) is 37.0 Å². The van der Waals surface area contributed by atoms with Crippen molar-refractivity contribution in [2.75, 3.05) is 0 Å². The third kappa shape index (κ3) is 11.5. The molecule has 1 N–H and O–H groups in total. The Kier molecular flexibility index (Phi) is 13.3. The lowest BCUT2D eigenvalue weighted by molar-refractivity contribution is 0.670. The summed E-state index contributed by atoms with van der Waals surface area (Å²) in [7, 11) is 0. The fourth-order valence-corrected chi connectivity index (χ4v) is 2.20. The predicted molar refractivity (Wildman–Crippen MR) is 80.7 cm³/mol. The van der Waals surface area contributed by atoms with Gasteiger partial charge in [0.15, 0.2) is 11.5 Å². The van der Waals surface area contributed by atoms with Crippen LogP contribution in [0.15, 0.2) is 41.8 Å². The minimum absolute atomic E-state index is 0.250. The lowest BCUT2D eigenvalue weighted by atomic mass is 10.1. The van der Waals surface area contributed by atoms with E-state index in [-0.39, 0.29) is 11.5 Å². The van der Waals surface area contributed by atoms with Crippen molar-refractivity contribution in [3.63, 3.8) is 0 Å². The molecule has 0 spiro atoms. The van der Waals surface area contributed by atoms with Crippen molar-refractivity contribution in [3.8, 4) is 0 Å². The fourth-order valence-electron chi connectivity index (χ4n) is 1.43. The molecule has 0 aliphatic heterocycles. The van der Waals surface area contributed by atoms with Crippen LogP contribution in [0.5, 0.6) is 0 Å². The van der Waals surface area contributed by atoms with Crippen molar-refractivity contribution in [2.45, 2.75) is 39.0 Å². The van der Waals surface area contributed by atoms with Gasteiger partial charge in [-0.05, 0) is 24.3 Å². The van der Waals surface area contributed by atoms with E-state index in [9.17, 15) is 0 Å². The molecule has 1 rings (SSSR count). The summed E-state index contributed by atoms with van der Waals surface area (Å²) in [5.74, 6) is 0. The summed E-state index contributed by atoms with van der Waals surface area (Å²) in [6.07, 6.45) is 6.59. The van der Waals surface area contributed by atoms with Gasteiger partial charge in [-0.1, -0.05) is 56.5 Å². The van der Waals surface area contributed by atoms with E-state index < -0.39 is 0 Å². The highest BCUT2D eigenvalue weighted by Gasteiger charge is 1.90. The number of hydrogen-bond donors (Lipinski definition) is 1. The molecule has 0 saturated heterocycles. The molecule has 1 heterocycles. The maximum Gasteiger partial charge on any atom is 0.196 e. The SMILES string of the molecule is CCCCCCc1cccccccs1.N=S=O. The molecule has 18 heavy (non-hydrogen) atoms. The van der Waals surface area contributed by atoms with Gasteiger partial charge in [-0.25, -0.2) is 4.78 Å². The van der Waals surface area contributed by atoms with Crippen molar-refractivity contribution in [1.29, 1.82) is 4.78 Å². The molecule has 1 aromatic rings. The van der Waals surface area contributed by atoms with E-state index in [0.29, 0.717) is 0 Å². The zero-order chi connectivity index (χ0) is 13.5. The fraction of sp³-hybridized carbons (Fsp3) is 0.429. The second-order valence-corrected chi connectivity index (χ2v) is 4.94. The van der Waals surface area contributed by atoms with E-state index >= 15 is 0 Å². The van der Waals surface area contributed by atoms with Gasteiger partial charge in [0.25, 0.3) is 0 Å². The van der Waals surface area contributed by atoms with Crippen LogP contribution in [0.4, 0.5) is 0 Å². The van der Waals surface area contributed by atoms with Gasteiger partial charge in [0.05, 0.1) is 0 Å². The Morgan fingerprint density at radius 3 is 2.50 bits per heavy atom. The quantitative estimate of drug-likeness (QED) is 0.763. The zero-order valence-corrected chi connectivity index (χ0v) is 12.4. The van der Waals surface area contributed by atoms with Gasteiger partial charge in [0, 0.05) is 4.88 Å². The molecule has 0 aromatic carbocycles. The third-order valence-electron chi connectivity index (χ3n) is 2.30. The second-order valence-electron chi connectivity index (χ2n) is 3.74. The number of hydrogen-bond acceptors (Lipinski definition) is 3. The number of aryl methyl sites for hydroxylation is 1. The molecule has 0 saturated carbocycles. The molecule has 0 bridgehead atoms. The molecule has 4 heteroatoms. The topological polar surface area (TPSA) is 40.9 Å². The Labute approximate surface area is 117 Å². The Bertz CT molecular complexity index is 359. The monoisotopic (exact) mass is 283 g/mol. The smallest absolute Gasteiger partial charge is 0.196 e. The molecule has 0 atom stereocenters. The highest BCUT2D eigenvalue weighted by atomic mass is 32.1. The van der Waals surface area contributed by atoms with Crippen LogP contribution in [0.25, 0.3) is 0 Å². The van der Waals surface area contributed by atoms with Gasteiger partial charge in [-0.15, -0.1) is 11.3 Å². The number of nitrogens with one attached hydrogen (secondary N) is 1. The van der Waals surface area contributed by atoms with Crippen molar-refractivity contribution >= 4 is 22.8 Å². The van der Waals surface area contributed by atoms with Crippen LogP contribution in [-0.2, 0) is 17.9 Å². The van der Waals surface area contributed by atoms with E-state index in [1.807, 2.05) is 11.3 Å². The molecule has 0 aliphatic rings. The maximum atomic E-state index is 8.51. The Hall–Kier alpha value is -1.00. The van der Waals surface area contributed by atoms with E-state index in [1.54, 1.807) is 0 Å². The predicted octanol–water partition coefficient (Wildman–Crippen LogP) is 4.96. The minimum atomic E-state index is -0.250. The van der Waals surface area contributed by atoms with Gasteiger partial charge < -0.3 is 0 Å². The highest BCUT2D eigenvalue weighted by Crippen LogP contribution is 2.10. The molecule has 0 amide bonds. The van der Waals surface area contributed by atoms with Gasteiger partial charge in [-0.2, -0.15) is 4.21 Å². The van der Waals surface area contributed by atoms with E-state index in [4.69, 9.17) is 8.99 Å². The molecule has 0 aliphatic carbocycles. The van der Waals surface area contributed by atoms with Crippen LogP contribution in [0.2, 0.25) is 0 Å². The Morgan fingerprint density at radius 2 is 1.78 bits per heavy atom. The summed E-state index contributed by atoms with van der Waals surface area (Å²) in [6.45, 7) is 2.26. The summed E-state index contributed by atoms with van der Waals surface area (Å²) in [4.78, 5) is 1.47. The maximum absolute atomic E-state index is 8.51. The molecular formula is C14H21NOS2. The lowest BCUT2D eigenvalue weighted by Gasteiger charge is -1.97. The Morgan fingerprint density at radius 1 is 1.11 bits per heavy atom. The van der Waals surface area contributed by atoms with Crippen LogP contribution in [0.1, 0.15) is 37.5 Å². The van der Waals surface area contributed by atoms with Gasteiger partial charge >= 0.3 is 0 Å². The largest absolute Gasteiger partial charge is 0.210 e. The second kappa shape index (κ2) is 14.1.